The fraction of sp³-hybridized carbons (Fsp3) is 0.206. The van der Waals surface area contributed by atoms with Crippen molar-refractivity contribution < 1.29 is 0 Å². The van der Waals surface area contributed by atoms with Gasteiger partial charge >= 0.3 is 0 Å². The van der Waals surface area contributed by atoms with Crippen molar-refractivity contribution in [2.75, 3.05) is 23.7 Å². The van der Waals surface area contributed by atoms with Crippen LogP contribution in [0.25, 0.3) is 39.5 Å². The summed E-state index contributed by atoms with van der Waals surface area (Å²) in [5.41, 5.74) is 12.7. The summed E-state index contributed by atoms with van der Waals surface area (Å²) in [5, 5.41) is 9.23. The zero-order chi connectivity index (χ0) is 30.9. The topological polar surface area (TPSA) is 139 Å². The number of pyridine rings is 2. The Morgan fingerprint density at radius 3 is 2.36 bits per heavy atom. The van der Waals surface area contributed by atoms with Crippen LogP contribution in [0.1, 0.15) is 25.2 Å². The Labute approximate surface area is 260 Å². The summed E-state index contributed by atoms with van der Waals surface area (Å²) in [4.78, 5) is 31.6. The van der Waals surface area contributed by atoms with Crippen LogP contribution in [0.4, 0.5) is 11.8 Å². The van der Waals surface area contributed by atoms with Crippen molar-refractivity contribution in [1.29, 1.82) is 5.26 Å². The molecule has 6 aromatic rings. The zero-order valence-electron chi connectivity index (χ0n) is 25.0. The molecule has 2 N–H and O–H groups in total. The van der Waals surface area contributed by atoms with Crippen LogP contribution < -0.4 is 10.6 Å². The van der Waals surface area contributed by atoms with Crippen LogP contribution in [-0.2, 0) is 6.54 Å². The van der Waals surface area contributed by atoms with Crippen LogP contribution in [0.15, 0.2) is 91.4 Å². The average molecular weight is 594 g/mol. The van der Waals surface area contributed by atoms with Gasteiger partial charge in [-0.1, -0.05) is 42.5 Å². The molecule has 5 heterocycles. The fourth-order valence-corrected chi connectivity index (χ4v) is 6.19. The highest BCUT2D eigenvalue weighted by Crippen LogP contribution is 2.32. The molecule has 2 aromatic carbocycles. The lowest BCUT2D eigenvalue weighted by Gasteiger charge is -2.44. The van der Waals surface area contributed by atoms with E-state index in [-0.39, 0.29) is 17.9 Å². The first kappa shape index (κ1) is 28.1. The lowest BCUT2D eigenvalue weighted by Crippen LogP contribution is -2.57. The minimum absolute atomic E-state index is 0.133. The number of benzene rings is 2. The van der Waals surface area contributed by atoms with Crippen molar-refractivity contribution in [2.24, 2.45) is 0 Å². The predicted octanol–water partition coefficient (Wildman–Crippen LogP) is 4.89. The largest absolute Gasteiger partial charge is 0.383 e. The molecule has 0 saturated carbocycles. The molecule has 2 atom stereocenters. The molecule has 0 unspecified atom stereocenters. The van der Waals surface area contributed by atoms with E-state index in [1.807, 2.05) is 48.5 Å². The molecule has 0 aliphatic carbocycles. The number of anilines is 2. The minimum atomic E-state index is 0.133. The Balaban J connectivity index is 1.19. The standard InChI is InChI=1S/C34H31N11/c1-22-18-43(19-23(2)44(22)34-39-21-38-30(17-35)42-34)20-24-10-12-26(13-11-24)45-32(27-9-6-16-37-31(27)36)41-29-15-14-28(40-33(29)45)25-7-4-3-5-8-25/h3-16,21-23H,18-20H2,1-2H3,(H2,36,37)/t22-,23+. The third-order valence-corrected chi connectivity index (χ3v) is 8.14. The Morgan fingerprint density at radius 1 is 0.844 bits per heavy atom. The van der Waals surface area contributed by atoms with E-state index >= 15 is 0 Å². The number of aromatic nitrogens is 7. The Kier molecular flexibility index (Phi) is 7.33. The third-order valence-electron chi connectivity index (χ3n) is 8.14. The molecule has 1 aliphatic rings. The highest BCUT2D eigenvalue weighted by molar-refractivity contribution is 5.84. The van der Waals surface area contributed by atoms with Gasteiger partial charge in [-0.05, 0) is 55.8 Å². The van der Waals surface area contributed by atoms with Crippen LogP contribution in [0.3, 0.4) is 0 Å². The third kappa shape index (κ3) is 5.43. The van der Waals surface area contributed by atoms with Gasteiger partial charge in [-0.3, -0.25) is 9.47 Å². The SMILES string of the molecule is C[C@@H]1CN(Cc2ccc(-n3c(-c4cccnc4N)nc4ccc(-c5ccccc5)nc43)cc2)C[C@H](C)N1c1ncnc(C#N)n1. The first-order chi connectivity index (χ1) is 22.0. The number of nitrogens with two attached hydrogens (primary N) is 1. The number of nitriles is 1. The van der Waals surface area contributed by atoms with Gasteiger partial charge in [-0.15, -0.1) is 0 Å². The second-order valence-electron chi connectivity index (χ2n) is 11.3. The molecule has 0 spiro atoms. The van der Waals surface area contributed by atoms with Crippen LogP contribution in [0.2, 0.25) is 0 Å². The molecule has 1 fully saturated rings. The van der Waals surface area contributed by atoms with E-state index in [0.717, 1.165) is 53.3 Å². The molecular formula is C34H31N11. The Morgan fingerprint density at radius 2 is 1.62 bits per heavy atom. The molecule has 45 heavy (non-hydrogen) atoms. The van der Waals surface area contributed by atoms with Crippen molar-refractivity contribution in [3.63, 3.8) is 0 Å². The smallest absolute Gasteiger partial charge is 0.236 e. The van der Waals surface area contributed by atoms with Crippen molar-refractivity contribution in [1.82, 2.24) is 39.4 Å². The van der Waals surface area contributed by atoms with Gasteiger partial charge in [-0.2, -0.15) is 10.2 Å². The fourth-order valence-electron chi connectivity index (χ4n) is 6.19. The lowest BCUT2D eigenvalue weighted by atomic mass is 10.1. The molecule has 0 radical (unpaired) electrons. The first-order valence-corrected chi connectivity index (χ1v) is 14.8. The Hall–Kier alpha value is -5.73. The number of hydrogen-bond acceptors (Lipinski definition) is 10. The molecule has 7 rings (SSSR count). The van der Waals surface area contributed by atoms with Gasteiger partial charge in [0, 0.05) is 49.2 Å². The maximum atomic E-state index is 9.23. The Bertz CT molecular complexity index is 2000. The van der Waals surface area contributed by atoms with Crippen molar-refractivity contribution in [3.8, 4) is 34.4 Å². The quantitative estimate of drug-likeness (QED) is 0.284. The summed E-state index contributed by atoms with van der Waals surface area (Å²) < 4.78 is 2.06. The van der Waals surface area contributed by atoms with Crippen molar-refractivity contribution in [3.05, 3.63) is 103 Å². The molecular weight excluding hydrogens is 562 g/mol. The van der Waals surface area contributed by atoms with Crippen LogP contribution in [0, 0.1) is 11.3 Å². The zero-order valence-corrected chi connectivity index (χ0v) is 25.0. The second kappa shape index (κ2) is 11.7. The van der Waals surface area contributed by atoms with E-state index in [0.29, 0.717) is 17.6 Å². The molecule has 1 aliphatic heterocycles. The monoisotopic (exact) mass is 593 g/mol. The second-order valence-corrected chi connectivity index (χ2v) is 11.3. The van der Waals surface area contributed by atoms with E-state index in [1.54, 1.807) is 6.20 Å². The number of imidazole rings is 1. The van der Waals surface area contributed by atoms with Crippen LogP contribution >= 0.6 is 0 Å². The molecule has 11 nitrogen and oxygen atoms in total. The first-order valence-electron chi connectivity index (χ1n) is 14.8. The number of fused-ring (bicyclic) bond motifs is 1. The summed E-state index contributed by atoms with van der Waals surface area (Å²) in [6.07, 6.45) is 3.09. The summed E-state index contributed by atoms with van der Waals surface area (Å²) in [5.74, 6) is 1.79. The van der Waals surface area contributed by atoms with Gasteiger partial charge in [-0.25, -0.2) is 24.9 Å². The summed E-state index contributed by atoms with van der Waals surface area (Å²) in [6.45, 7) is 6.79. The number of piperazine rings is 1. The van der Waals surface area contributed by atoms with Gasteiger partial charge < -0.3 is 10.6 Å². The van der Waals surface area contributed by atoms with Gasteiger partial charge in [0.2, 0.25) is 11.8 Å². The molecule has 4 aromatic heterocycles. The van der Waals surface area contributed by atoms with Crippen LogP contribution in [0.5, 0.6) is 0 Å². The molecule has 1 saturated heterocycles. The van der Waals surface area contributed by atoms with E-state index in [4.69, 9.17) is 15.7 Å². The highest BCUT2D eigenvalue weighted by atomic mass is 15.4. The van der Waals surface area contributed by atoms with E-state index < -0.39 is 0 Å². The average Bonchev–Trinajstić information content (AvgIpc) is 3.44. The maximum Gasteiger partial charge on any atom is 0.236 e. The lowest BCUT2D eigenvalue weighted by molar-refractivity contribution is 0.191. The van der Waals surface area contributed by atoms with Crippen molar-refractivity contribution in [2.45, 2.75) is 32.5 Å². The summed E-state index contributed by atoms with van der Waals surface area (Å²) in [7, 11) is 0. The molecule has 0 amide bonds. The number of nitrogen functional groups attached to an aromatic ring is 1. The maximum absolute atomic E-state index is 9.23. The highest BCUT2D eigenvalue weighted by Gasteiger charge is 2.31. The van der Waals surface area contributed by atoms with E-state index in [9.17, 15) is 5.26 Å². The van der Waals surface area contributed by atoms with Crippen LogP contribution in [-0.4, -0.2) is 64.5 Å². The van der Waals surface area contributed by atoms with Gasteiger partial charge in [0.1, 0.15) is 23.7 Å². The summed E-state index contributed by atoms with van der Waals surface area (Å²) in [6, 6.07) is 28.8. The van der Waals surface area contributed by atoms with Gasteiger partial charge in [0.15, 0.2) is 11.5 Å². The number of rotatable bonds is 6. The normalized spacial score (nSPS) is 17.0. The number of hydrogen-bond donors (Lipinski definition) is 1. The summed E-state index contributed by atoms with van der Waals surface area (Å²) >= 11 is 0. The van der Waals surface area contributed by atoms with E-state index in [1.165, 1.54) is 11.9 Å². The minimum Gasteiger partial charge on any atom is -0.383 e. The van der Waals surface area contributed by atoms with Crippen molar-refractivity contribution >= 4 is 22.9 Å². The number of nitrogens with zero attached hydrogens (tertiary/aromatic N) is 10. The molecule has 222 valence electrons. The van der Waals surface area contributed by atoms with E-state index in [2.05, 4.69) is 84.5 Å². The molecule has 11 heteroatoms. The van der Waals surface area contributed by atoms with Gasteiger partial charge in [0.05, 0.1) is 11.3 Å². The van der Waals surface area contributed by atoms with Gasteiger partial charge in [0.25, 0.3) is 0 Å². The molecule has 0 bridgehead atoms. The predicted molar refractivity (Wildman–Crippen MR) is 173 cm³/mol.